The van der Waals surface area contributed by atoms with Crippen LogP contribution in [0.1, 0.15) is 0 Å². The highest BCUT2D eigenvalue weighted by molar-refractivity contribution is 7.13. The minimum atomic E-state index is 0.431. The summed E-state index contributed by atoms with van der Waals surface area (Å²) in [4.78, 5) is 5.38. The molecule has 0 radical (unpaired) electrons. The molecule has 0 saturated heterocycles. The van der Waals surface area contributed by atoms with Crippen LogP contribution in [0.3, 0.4) is 0 Å². The number of fused-ring (bicyclic) bond motifs is 1. The minimum Gasteiger partial charge on any atom is -0.332 e. The number of nitrogens with one attached hydrogen (secondary N) is 1. The second-order valence-electron chi connectivity index (χ2n) is 4.02. The highest BCUT2D eigenvalue weighted by Gasteiger charge is 2.16. The van der Waals surface area contributed by atoms with Crippen LogP contribution < -0.4 is 0 Å². The molecule has 3 aromatic heterocycles. The smallest absolute Gasteiger partial charge is 0.279 e. The molecule has 0 saturated carbocycles. The van der Waals surface area contributed by atoms with Gasteiger partial charge in [-0.1, -0.05) is 29.4 Å². The molecule has 4 rings (SSSR count). The predicted octanol–water partition coefficient (Wildman–Crippen LogP) is 3.34. The molecule has 6 heteroatoms. The third-order valence-electron chi connectivity index (χ3n) is 2.84. The van der Waals surface area contributed by atoms with E-state index >= 15 is 0 Å². The van der Waals surface area contributed by atoms with Crippen LogP contribution in [-0.2, 0) is 0 Å². The molecule has 0 fully saturated rings. The molecule has 19 heavy (non-hydrogen) atoms. The highest BCUT2D eigenvalue weighted by Crippen LogP contribution is 2.28. The van der Waals surface area contributed by atoms with E-state index in [1.807, 2.05) is 41.8 Å². The number of aromatic amines is 1. The number of para-hydroxylation sites is 1. The van der Waals surface area contributed by atoms with Crippen LogP contribution in [0.5, 0.6) is 0 Å². The summed E-state index contributed by atoms with van der Waals surface area (Å²) in [5, 5.41) is 14.1. The lowest BCUT2D eigenvalue weighted by Crippen LogP contribution is -1.79. The van der Waals surface area contributed by atoms with Gasteiger partial charge in [0.05, 0.1) is 10.4 Å². The van der Waals surface area contributed by atoms with E-state index in [-0.39, 0.29) is 0 Å². The molecule has 0 bridgehead atoms. The molecule has 92 valence electrons. The van der Waals surface area contributed by atoms with E-state index < -0.39 is 0 Å². The maximum atomic E-state index is 5.30. The second-order valence-corrected chi connectivity index (χ2v) is 4.97. The minimum absolute atomic E-state index is 0.431. The molecule has 5 nitrogen and oxygen atoms in total. The van der Waals surface area contributed by atoms with Gasteiger partial charge in [-0.3, -0.25) is 5.10 Å². The van der Waals surface area contributed by atoms with Crippen LogP contribution in [0.4, 0.5) is 0 Å². The lowest BCUT2D eigenvalue weighted by atomic mass is 10.2. The van der Waals surface area contributed by atoms with Gasteiger partial charge in [-0.05, 0) is 17.5 Å². The Balaban J connectivity index is 1.85. The third-order valence-corrected chi connectivity index (χ3v) is 3.71. The molecular formula is C13H8N4OS. The Morgan fingerprint density at radius 2 is 2.05 bits per heavy atom. The van der Waals surface area contributed by atoms with E-state index in [1.165, 1.54) is 0 Å². The first-order chi connectivity index (χ1) is 9.42. The summed E-state index contributed by atoms with van der Waals surface area (Å²) in [5.74, 6) is 1.03. The fourth-order valence-corrected chi connectivity index (χ4v) is 2.60. The summed E-state index contributed by atoms with van der Waals surface area (Å²) in [7, 11) is 0. The third kappa shape index (κ3) is 1.65. The molecule has 0 unspecified atom stereocenters. The fraction of sp³-hybridized carbons (Fsp3) is 0. The number of thiophene rings is 1. The monoisotopic (exact) mass is 268 g/mol. The first-order valence-corrected chi connectivity index (χ1v) is 6.61. The SMILES string of the molecule is c1csc(-c2noc(-c3n[nH]c4ccccc34)n2)c1. The normalized spacial score (nSPS) is 11.2. The Bertz CT molecular complexity index is 831. The molecule has 0 aliphatic carbocycles. The van der Waals surface area contributed by atoms with Crippen LogP contribution in [0.15, 0.2) is 46.3 Å². The molecule has 0 spiro atoms. The highest BCUT2D eigenvalue weighted by atomic mass is 32.1. The van der Waals surface area contributed by atoms with Gasteiger partial charge in [0.1, 0.15) is 0 Å². The summed E-state index contributed by atoms with van der Waals surface area (Å²) < 4.78 is 5.30. The standard InChI is InChI=1S/C13H8N4OS/c1-2-5-9-8(4-1)11(16-15-9)13-14-12(17-18-13)10-6-3-7-19-10/h1-7H,(H,15,16). The van der Waals surface area contributed by atoms with Crippen molar-refractivity contribution in [1.29, 1.82) is 0 Å². The summed E-state index contributed by atoms with van der Waals surface area (Å²) in [6, 6.07) is 11.8. The number of nitrogens with zero attached hydrogens (tertiary/aromatic N) is 3. The van der Waals surface area contributed by atoms with E-state index in [2.05, 4.69) is 20.3 Å². The number of rotatable bonds is 2. The molecule has 0 aliphatic heterocycles. The van der Waals surface area contributed by atoms with E-state index in [0.717, 1.165) is 15.8 Å². The van der Waals surface area contributed by atoms with Crippen molar-refractivity contribution < 1.29 is 4.52 Å². The van der Waals surface area contributed by atoms with E-state index in [1.54, 1.807) is 11.3 Å². The molecule has 0 amide bonds. The van der Waals surface area contributed by atoms with E-state index in [4.69, 9.17) is 4.52 Å². The second kappa shape index (κ2) is 4.03. The maximum absolute atomic E-state index is 5.30. The Morgan fingerprint density at radius 3 is 2.95 bits per heavy atom. The van der Waals surface area contributed by atoms with Crippen LogP contribution >= 0.6 is 11.3 Å². The van der Waals surface area contributed by atoms with Gasteiger partial charge >= 0.3 is 0 Å². The number of H-pyrrole nitrogens is 1. The van der Waals surface area contributed by atoms with Crippen molar-refractivity contribution >= 4 is 22.2 Å². The van der Waals surface area contributed by atoms with Crippen molar-refractivity contribution in [2.24, 2.45) is 0 Å². The van der Waals surface area contributed by atoms with Crippen molar-refractivity contribution in [3.05, 3.63) is 41.8 Å². The lowest BCUT2D eigenvalue weighted by Gasteiger charge is -1.88. The summed E-state index contributed by atoms with van der Waals surface area (Å²) in [6.45, 7) is 0. The average molecular weight is 268 g/mol. The van der Waals surface area contributed by atoms with Crippen LogP contribution in [0.25, 0.3) is 33.2 Å². The summed E-state index contributed by atoms with van der Waals surface area (Å²) >= 11 is 1.58. The number of hydrogen-bond acceptors (Lipinski definition) is 5. The Labute approximate surface area is 111 Å². The van der Waals surface area contributed by atoms with Crippen LogP contribution in [0.2, 0.25) is 0 Å². The summed E-state index contributed by atoms with van der Waals surface area (Å²) in [6.07, 6.45) is 0. The average Bonchev–Trinajstić information content (AvgIpc) is 3.18. The first kappa shape index (κ1) is 10.5. The largest absolute Gasteiger partial charge is 0.332 e. The number of aromatic nitrogens is 4. The van der Waals surface area contributed by atoms with Crippen molar-refractivity contribution in [1.82, 2.24) is 20.3 Å². The zero-order valence-corrected chi connectivity index (χ0v) is 10.5. The van der Waals surface area contributed by atoms with E-state index in [0.29, 0.717) is 17.4 Å². The first-order valence-electron chi connectivity index (χ1n) is 5.73. The Hall–Kier alpha value is -2.47. The van der Waals surface area contributed by atoms with Gasteiger partial charge in [0.15, 0.2) is 5.69 Å². The lowest BCUT2D eigenvalue weighted by molar-refractivity contribution is 0.431. The molecule has 3 heterocycles. The van der Waals surface area contributed by atoms with Crippen molar-refractivity contribution in [3.8, 4) is 22.3 Å². The van der Waals surface area contributed by atoms with Gasteiger partial charge in [0.25, 0.3) is 5.89 Å². The number of hydrogen-bond donors (Lipinski definition) is 1. The maximum Gasteiger partial charge on any atom is 0.279 e. The predicted molar refractivity (Wildman–Crippen MR) is 72.7 cm³/mol. The fourth-order valence-electron chi connectivity index (χ4n) is 1.95. The zero-order chi connectivity index (χ0) is 12.7. The van der Waals surface area contributed by atoms with Gasteiger partial charge in [0.2, 0.25) is 5.82 Å². The van der Waals surface area contributed by atoms with Crippen LogP contribution in [-0.4, -0.2) is 20.3 Å². The molecular weight excluding hydrogens is 260 g/mol. The van der Waals surface area contributed by atoms with Crippen LogP contribution in [0, 0.1) is 0 Å². The summed E-state index contributed by atoms with van der Waals surface area (Å²) in [5.41, 5.74) is 1.64. The van der Waals surface area contributed by atoms with E-state index in [9.17, 15) is 0 Å². The van der Waals surface area contributed by atoms with Crippen molar-refractivity contribution in [2.45, 2.75) is 0 Å². The van der Waals surface area contributed by atoms with Gasteiger partial charge in [0, 0.05) is 5.39 Å². The van der Waals surface area contributed by atoms with Gasteiger partial charge in [-0.25, -0.2) is 0 Å². The number of benzene rings is 1. The quantitative estimate of drug-likeness (QED) is 0.605. The molecule has 0 aliphatic rings. The molecule has 1 N–H and O–H groups in total. The zero-order valence-electron chi connectivity index (χ0n) is 9.70. The Morgan fingerprint density at radius 1 is 1.11 bits per heavy atom. The van der Waals surface area contributed by atoms with Gasteiger partial charge in [-0.15, -0.1) is 11.3 Å². The topological polar surface area (TPSA) is 67.6 Å². The van der Waals surface area contributed by atoms with Crippen molar-refractivity contribution in [3.63, 3.8) is 0 Å². The van der Waals surface area contributed by atoms with Crippen molar-refractivity contribution in [2.75, 3.05) is 0 Å². The van der Waals surface area contributed by atoms with Gasteiger partial charge in [-0.2, -0.15) is 10.1 Å². The molecule has 4 aromatic rings. The molecule has 1 aromatic carbocycles. The Kier molecular flexibility index (Phi) is 2.22. The molecule has 0 atom stereocenters. The van der Waals surface area contributed by atoms with Gasteiger partial charge < -0.3 is 4.52 Å².